The summed E-state index contributed by atoms with van der Waals surface area (Å²) in [5.41, 5.74) is 11.3. The highest BCUT2D eigenvalue weighted by Crippen LogP contribution is 2.34. The van der Waals surface area contributed by atoms with Crippen LogP contribution in [0.15, 0.2) is 72.9 Å². The van der Waals surface area contributed by atoms with E-state index in [0.717, 1.165) is 69.0 Å². The third kappa shape index (κ3) is 9.78. The van der Waals surface area contributed by atoms with Crippen LogP contribution >= 0.6 is 11.6 Å². The molecule has 0 aliphatic carbocycles. The Balaban J connectivity index is 0.899. The molecule has 4 aromatic rings. The molecule has 0 saturated carbocycles. The number of imide groups is 1. The average molecular weight is 713 g/mol. The number of hydrogen-bond acceptors (Lipinski definition) is 12. The lowest BCUT2D eigenvalue weighted by Crippen LogP contribution is -2.47. The summed E-state index contributed by atoms with van der Waals surface area (Å²) in [4.78, 5) is 34.6. The van der Waals surface area contributed by atoms with Crippen molar-refractivity contribution in [1.82, 2.24) is 25.9 Å². The lowest BCUT2D eigenvalue weighted by Gasteiger charge is -2.34. The molecule has 6 rings (SSSR count). The van der Waals surface area contributed by atoms with E-state index >= 15 is 0 Å². The van der Waals surface area contributed by atoms with Crippen LogP contribution in [0.2, 0.25) is 5.02 Å². The summed E-state index contributed by atoms with van der Waals surface area (Å²) in [5.74, 6) is 1.05. The smallest absolute Gasteiger partial charge is 0.249 e. The number of rotatable bonds is 15. The summed E-state index contributed by atoms with van der Waals surface area (Å²) in [6.07, 6.45) is 5.45. The number of para-hydroxylation sites is 2. The quantitative estimate of drug-likeness (QED) is 0.0511. The van der Waals surface area contributed by atoms with E-state index in [0.29, 0.717) is 52.8 Å². The first kappa shape index (κ1) is 35.7. The number of ether oxygens (including phenoxy) is 1. The van der Waals surface area contributed by atoms with Crippen molar-refractivity contribution >= 4 is 63.6 Å². The van der Waals surface area contributed by atoms with Gasteiger partial charge in [0.15, 0.2) is 5.82 Å². The fourth-order valence-corrected chi connectivity index (χ4v) is 6.36. The van der Waals surface area contributed by atoms with E-state index in [9.17, 15) is 9.59 Å². The van der Waals surface area contributed by atoms with Crippen LogP contribution in [-0.4, -0.2) is 73.7 Å². The number of carbonyl (C=O) groups is 2. The number of carbonyl (C=O) groups excluding carboxylic acids is 2. The molecule has 3 heterocycles. The van der Waals surface area contributed by atoms with Gasteiger partial charge in [-0.25, -0.2) is 4.98 Å². The minimum Gasteiger partial charge on any atom is -0.494 e. The number of anilines is 7. The molecule has 14 heteroatoms. The van der Waals surface area contributed by atoms with Crippen LogP contribution in [0, 0.1) is 0 Å². The maximum atomic E-state index is 12.0. The molecule has 2 aliphatic rings. The number of aromatic nitrogens is 2. The van der Waals surface area contributed by atoms with Crippen molar-refractivity contribution in [1.29, 1.82) is 0 Å². The van der Waals surface area contributed by atoms with Crippen LogP contribution in [0.1, 0.15) is 31.2 Å². The van der Waals surface area contributed by atoms with Crippen molar-refractivity contribution in [2.45, 2.75) is 44.2 Å². The predicted molar refractivity (Wildman–Crippen MR) is 204 cm³/mol. The molecule has 0 bridgehead atoms. The maximum absolute atomic E-state index is 12.0. The van der Waals surface area contributed by atoms with Gasteiger partial charge in [0, 0.05) is 56.1 Å². The highest BCUT2D eigenvalue weighted by molar-refractivity contribution is 6.33. The van der Waals surface area contributed by atoms with E-state index in [1.807, 2.05) is 42.5 Å². The highest BCUT2D eigenvalue weighted by atomic mass is 35.5. The Morgan fingerprint density at radius 3 is 2.53 bits per heavy atom. The van der Waals surface area contributed by atoms with Crippen LogP contribution in [-0.2, 0) is 16.0 Å². The van der Waals surface area contributed by atoms with Gasteiger partial charge >= 0.3 is 0 Å². The molecule has 1 aromatic heterocycles. The first-order valence-electron chi connectivity index (χ1n) is 17.3. The molecule has 1 unspecified atom stereocenters. The zero-order valence-electron chi connectivity index (χ0n) is 28.7. The fraction of sp³-hybridized carbons (Fsp3) is 0.351. The Labute approximate surface area is 303 Å². The van der Waals surface area contributed by atoms with Gasteiger partial charge in [-0.3, -0.25) is 14.9 Å². The zero-order valence-corrected chi connectivity index (χ0v) is 29.4. The summed E-state index contributed by atoms with van der Waals surface area (Å²) < 4.78 is 5.74. The average Bonchev–Trinajstić information content (AvgIpc) is 3.14. The number of benzene rings is 3. The highest BCUT2D eigenvalue weighted by Gasteiger charge is 2.26. The van der Waals surface area contributed by atoms with Crippen molar-refractivity contribution in [3.05, 3.63) is 83.5 Å². The minimum absolute atomic E-state index is 0.207. The second kappa shape index (κ2) is 17.2. The molecule has 2 fully saturated rings. The summed E-state index contributed by atoms with van der Waals surface area (Å²) in [6.45, 7) is 4.60. The summed E-state index contributed by atoms with van der Waals surface area (Å²) in [6, 6.07) is 21.8. The number of nitrogens with two attached hydrogens (primary N) is 1. The van der Waals surface area contributed by atoms with Crippen molar-refractivity contribution < 1.29 is 14.3 Å². The van der Waals surface area contributed by atoms with Gasteiger partial charge in [-0.1, -0.05) is 35.9 Å². The van der Waals surface area contributed by atoms with Crippen molar-refractivity contribution in [3.8, 4) is 5.75 Å². The molecule has 0 spiro atoms. The number of nitrogen functional groups attached to an aromatic ring is 1. The van der Waals surface area contributed by atoms with Crippen LogP contribution in [0.4, 0.5) is 40.2 Å². The Hall–Kier alpha value is -5.11. The van der Waals surface area contributed by atoms with Crippen molar-refractivity contribution in [2.24, 2.45) is 0 Å². The van der Waals surface area contributed by atoms with Gasteiger partial charge in [0.2, 0.25) is 17.8 Å². The van der Waals surface area contributed by atoms with Gasteiger partial charge in [-0.15, -0.1) is 0 Å². The number of methoxy groups -OCH3 is 1. The molecule has 51 heavy (non-hydrogen) atoms. The molecule has 1 atom stereocenters. The predicted octanol–water partition coefficient (Wildman–Crippen LogP) is 4.82. The molecule has 2 aliphatic heterocycles. The first-order valence-corrected chi connectivity index (χ1v) is 17.7. The first-order chi connectivity index (χ1) is 24.8. The zero-order chi connectivity index (χ0) is 35.6. The SMILES string of the molecule is COc1cc(N2CCC(NCCNCCc3ccc(NC4CCC(=O)NC4=O)cc3)CC2)ccc1Nc1ncc(Cl)c(Nc2ccccc2N)n1. The lowest BCUT2D eigenvalue weighted by molar-refractivity contribution is -0.133. The molecule has 2 saturated heterocycles. The van der Waals surface area contributed by atoms with Gasteiger partial charge in [0.1, 0.15) is 16.8 Å². The third-order valence-corrected chi connectivity index (χ3v) is 9.39. The van der Waals surface area contributed by atoms with Gasteiger partial charge in [-0.05, 0) is 74.2 Å². The molecular formula is C37H45ClN10O3. The summed E-state index contributed by atoms with van der Waals surface area (Å²) in [7, 11) is 1.65. The molecule has 0 radical (unpaired) electrons. The number of nitrogens with one attached hydrogen (secondary N) is 6. The monoisotopic (exact) mass is 712 g/mol. The second-order valence-electron chi connectivity index (χ2n) is 12.7. The Morgan fingerprint density at radius 2 is 1.76 bits per heavy atom. The normalized spacial score (nSPS) is 16.4. The number of halogens is 1. The van der Waals surface area contributed by atoms with Crippen molar-refractivity contribution in [3.63, 3.8) is 0 Å². The van der Waals surface area contributed by atoms with Crippen LogP contribution < -0.4 is 47.3 Å². The summed E-state index contributed by atoms with van der Waals surface area (Å²) >= 11 is 6.37. The van der Waals surface area contributed by atoms with Gasteiger partial charge < -0.3 is 42.0 Å². The maximum Gasteiger partial charge on any atom is 0.249 e. The van der Waals surface area contributed by atoms with E-state index in [-0.39, 0.29) is 17.9 Å². The number of piperidine rings is 2. The van der Waals surface area contributed by atoms with E-state index in [1.165, 1.54) is 5.56 Å². The van der Waals surface area contributed by atoms with Crippen LogP contribution in [0.25, 0.3) is 0 Å². The van der Waals surface area contributed by atoms with Gasteiger partial charge in [0.25, 0.3) is 0 Å². The minimum atomic E-state index is -0.370. The molecule has 268 valence electrons. The molecular weight excluding hydrogens is 668 g/mol. The van der Waals surface area contributed by atoms with Crippen molar-refractivity contribution in [2.75, 3.05) is 66.4 Å². The largest absolute Gasteiger partial charge is 0.494 e. The molecule has 3 aromatic carbocycles. The molecule has 2 amide bonds. The van der Waals surface area contributed by atoms with Gasteiger partial charge in [0.05, 0.1) is 30.4 Å². The van der Waals surface area contributed by atoms with Gasteiger partial charge in [-0.2, -0.15) is 4.98 Å². The fourth-order valence-electron chi connectivity index (χ4n) is 6.22. The van der Waals surface area contributed by atoms with E-state index in [4.69, 9.17) is 22.1 Å². The topological polar surface area (TPSA) is 171 Å². The van der Waals surface area contributed by atoms with E-state index in [1.54, 1.807) is 19.4 Å². The summed E-state index contributed by atoms with van der Waals surface area (Å²) in [5, 5.41) is 19.7. The van der Waals surface area contributed by atoms with E-state index < -0.39 is 0 Å². The van der Waals surface area contributed by atoms with E-state index in [2.05, 4.69) is 65.0 Å². The number of amides is 2. The lowest BCUT2D eigenvalue weighted by atomic mass is 10.0. The Bertz CT molecular complexity index is 1800. The molecule has 13 nitrogen and oxygen atoms in total. The Kier molecular flexibility index (Phi) is 12.0. The standard InChI is InChI=1S/C37H45ClN10O3/c1-51-33-22-27(10-11-31(33)45-37-42-23-28(38)35(47-37)44-30-5-3-2-4-29(30)39)48-20-15-25(16-21-48)41-19-18-40-17-14-24-6-8-26(9-7-24)43-32-12-13-34(49)46-36(32)50/h2-11,22-23,25,32,40-41,43H,12-21,39H2,1H3,(H,46,49,50)(H2,42,44,45,47). The van der Waals surface area contributed by atoms with Crippen LogP contribution in [0.5, 0.6) is 5.75 Å². The second-order valence-corrected chi connectivity index (χ2v) is 13.1. The molecule has 8 N–H and O–H groups in total. The third-order valence-electron chi connectivity index (χ3n) is 9.11. The van der Waals surface area contributed by atoms with Crippen LogP contribution in [0.3, 0.4) is 0 Å². The number of hydrogen-bond donors (Lipinski definition) is 7. The number of nitrogens with zero attached hydrogens (tertiary/aromatic N) is 3. The Morgan fingerprint density at radius 1 is 0.961 bits per heavy atom.